The molecule has 1 aromatic carbocycles. The first kappa shape index (κ1) is 16.9. The minimum absolute atomic E-state index is 0.156. The smallest absolute Gasteiger partial charge is 0.0594 e. The quantitative estimate of drug-likeness (QED) is 0.844. The molecular formula is C17H27BrN2O. The van der Waals surface area contributed by atoms with Gasteiger partial charge in [-0.15, -0.1) is 0 Å². The first-order chi connectivity index (χ1) is 10.0. The largest absolute Gasteiger partial charge is 0.379 e. The average molecular weight is 355 g/mol. The standard InChI is InChI=1S/C17H27BrN2O/c1-4-16(14-6-5-7-15(18)12-14)19-13-17(2,3)20-8-10-21-11-9-20/h5-7,12,16,19H,4,8-11,13H2,1-3H3. The van der Waals surface area contributed by atoms with Gasteiger partial charge in [0, 0.05) is 35.7 Å². The van der Waals surface area contributed by atoms with Gasteiger partial charge in [0.25, 0.3) is 0 Å². The lowest BCUT2D eigenvalue weighted by Gasteiger charge is -2.41. The van der Waals surface area contributed by atoms with Crippen LogP contribution in [0.5, 0.6) is 0 Å². The van der Waals surface area contributed by atoms with Crippen molar-refractivity contribution in [3.05, 3.63) is 34.3 Å². The highest BCUT2D eigenvalue weighted by Gasteiger charge is 2.28. The Labute approximate surface area is 137 Å². The van der Waals surface area contributed by atoms with E-state index in [9.17, 15) is 0 Å². The highest BCUT2D eigenvalue weighted by Crippen LogP contribution is 2.22. The zero-order chi connectivity index (χ0) is 15.3. The summed E-state index contributed by atoms with van der Waals surface area (Å²) in [5, 5.41) is 3.75. The first-order valence-corrected chi connectivity index (χ1v) is 8.64. The number of hydrogen-bond donors (Lipinski definition) is 1. The molecule has 3 nitrogen and oxygen atoms in total. The molecule has 1 unspecified atom stereocenters. The maximum atomic E-state index is 5.46. The monoisotopic (exact) mass is 354 g/mol. The zero-order valence-electron chi connectivity index (χ0n) is 13.4. The Morgan fingerprint density at radius 3 is 2.67 bits per heavy atom. The van der Waals surface area contributed by atoms with E-state index in [1.165, 1.54) is 5.56 Å². The number of halogens is 1. The molecule has 4 heteroatoms. The lowest BCUT2D eigenvalue weighted by Crippen LogP contribution is -2.55. The molecule has 0 spiro atoms. The second-order valence-electron chi connectivity index (χ2n) is 6.31. The third-order valence-corrected chi connectivity index (χ3v) is 4.80. The molecule has 0 bridgehead atoms. The molecule has 21 heavy (non-hydrogen) atoms. The molecule has 1 N–H and O–H groups in total. The summed E-state index contributed by atoms with van der Waals surface area (Å²) >= 11 is 3.56. The van der Waals surface area contributed by atoms with E-state index in [-0.39, 0.29) is 5.54 Å². The van der Waals surface area contributed by atoms with Gasteiger partial charge >= 0.3 is 0 Å². The Bertz CT molecular complexity index is 444. The molecule has 1 atom stereocenters. The molecule has 0 radical (unpaired) electrons. The third kappa shape index (κ3) is 4.78. The van der Waals surface area contributed by atoms with E-state index in [0.29, 0.717) is 6.04 Å². The number of benzene rings is 1. The molecular weight excluding hydrogens is 328 g/mol. The normalized spacial score (nSPS) is 18.7. The molecule has 0 aromatic heterocycles. The first-order valence-electron chi connectivity index (χ1n) is 7.84. The Kier molecular flexibility index (Phi) is 6.23. The van der Waals surface area contributed by atoms with E-state index in [4.69, 9.17) is 4.74 Å². The van der Waals surface area contributed by atoms with Gasteiger partial charge in [0.15, 0.2) is 0 Å². The summed E-state index contributed by atoms with van der Waals surface area (Å²) < 4.78 is 6.60. The molecule has 1 aliphatic rings. The summed E-state index contributed by atoms with van der Waals surface area (Å²) in [7, 11) is 0. The fraction of sp³-hybridized carbons (Fsp3) is 0.647. The number of ether oxygens (including phenoxy) is 1. The Morgan fingerprint density at radius 2 is 2.05 bits per heavy atom. The van der Waals surface area contributed by atoms with E-state index < -0.39 is 0 Å². The maximum Gasteiger partial charge on any atom is 0.0594 e. The van der Waals surface area contributed by atoms with E-state index in [1.54, 1.807) is 0 Å². The minimum Gasteiger partial charge on any atom is -0.379 e. The summed E-state index contributed by atoms with van der Waals surface area (Å²) in [5.41, 5.74) is 1.51. The predicted octanol–water partition coefficient (Wildman–Crippen LogP) is 3.60. The molecule has 0 amide bonds. The molecule has 0 aliphatic carbocycles. The highest BCUT2D eigenvalue weighted by atomic mass is 79.9. The number of nitrogens with zero attached hydrogens (tertiary/aromatic N) is 1. The van der Waals surface area contributed by atoms with Crippen molar-refractivity contribution in [3.8, 4) is 0 Å². The van der Waals surface area contributed by atoms with Gasteiger partial charge in [0.1, 0.15) is 0 Å². The summed E-state index contributed by atoms with van der Waals surface area (Å²) in [4.78, 5) is 2.52. The third-order valence-electron chi connectivity index (χ3n) is 4.31. The highest BCUT2D eigenvalue weighted by molar-refractivity contribution is 9.10. The Balaban J connectivity index is 1.95. The number of nitrogens with one attached hydrogen (secondary N) is 1. The van der Waals surface area contributed by atoms with Crippen LogP contribution in [0.1, 0.15) is 38.8 Å². The average Bonchev–Trinajstić information content (AvgIpc) is 2.49. The van der Waals surface area contributed by atoms with Crippen LogP contribution in [-0.2, 0) is 4.74 Å². The Hall–Kier alpha value is -0.420. The van der Waals surface area contributed by atoms with Crippen molar-refractivity contribution in [2.45, 2.75) is 38.8 Å². The van der Waals surface area contributed by atoms with Crippen LogP contribution in [0.4, 0.5) is 0 Å². The van der Waals surface area contributed by atoms with Gasteiger partial charge in [-0.1, -0.05) is 35.0 Å². The lowest BCUT2D eigenvalue weighted by molar-refractivity contribution is -0.0104. The van der Waals surface area contributed by atoms with Crippen molar-refractivity contribution in [2.24, 2.45) is 0 Å². The summed E-state index contributed by atoms with van der Waals surface area (Å²) in [6.45, 7) is 11.6. The fourth-order valence-corrected chi connectivity index (χ4v) is 3.29. The second kappa shape index (κ2) is 7.73. The van der Waals surface area contributed by atoms with Gasteiger partial charge in [-0.3, -0.25) is 4.90 Å². The second-order valence-corrected chi connectivity index (χ2v) is 7.22. The Morgan fingerprint density at radius 1 is 1.33 bits per heavy atom. The van der Waals surface area contributed by atoms with Crippen molar-refractivity contribution < 1.29 is 4.74 Å². The molecule has 118 valence electrons. The zero-order valence-corrected chi connectivity index (χ0v) is 14.9. The summed E-state index contributed by atoms with van der Waals surface area (Å²) in [5.74, 6) is 0. The number of hydrogen-bond acceptors (Lipinski definition) is 3. The van der Waals surface area contributed by atoms with Crippen LogP contribution < -0.4 is 5.32 Å². The van der Waals surface area contributed by atoms with Crippen LogP contribution in [0.3, 0.4) is 0 Å². The van der Waals surface area contributed by atoms with Crippen molar-refractivity contribution >= 4 is 15.9 Å². The maximum absolute atomic E-state index is 5.46. The minimum atomic E-state index is 0.156. The van der Waals surface area contributed by atoms with Gasteiger partial charge in [0.2, 0.25) is 0 Å². The van der Waals surface area contributed by atoms with Crippen LogP contribution in [0.25, 0.3) is 0 Å². The number of morpholine rings is 1. The van der Waals surface area contributed by atoms with Crippen molar-refractivity contribution in [1.29, 1.82) is 0 Å². The van der Waals surface area contributed by atoms with E-state index in [2.05, 4.69) is 71.2 Å². The van der Waals surface area contributed by atoms with Crippen molar-refractivity contribution in [3.63, 3.8) is 0 Å². The van der Waals surface area contributed by atoms with E-state index in [0.717, 1.165) is 43.7 Å². The van der Waals surface area contributed by atoms with Crippen molar-refractivity contribution in [1.82, 2.24) is 10.2 Å². The van der Waals surface area contributed by atoms with Gasteiger partial charge < -0.3 is 10.1 Å². The van der Waals surface area contributed by atoms with Crippen molar-refractivity contribution in [2.75, 3.05) is 32.8 Å². The van der Waals surface area contributed by atoms with E-state index >= 15 is 0 Å². The van der Waals surface area contributed by atoms with Gasteiger partial charge in [-0.05, 0) is 38.0 Å². The van der Waals surface area contributed by atoms with E-state index in [1.807, 2.05) is 0 Å². The van der Waals surface area contributed by atoms with Crippen LogP contribution in [0.15, 0.2) is 28.7 Å². The van der Waals surface area contributed by atoms with Gasteiger partial charge in [-0.2, -0.15) is 0 Å². The molecule has 0 saturated carbocycles. The van der Waals surface area contributed by atoms with Gasteiger partial charge in [0.05, 0.1) is 13.2 Å². The molecule has 1 aromatic rings. The van der Waals surface area contributed by atoms with Crippen LogP contribution >= 0.6 is 15.9 Å². The summed E-state index contributed by atoms with van der Waals surface area (Å²) in [6, 6.07) is 9.00. The molecule has 1 fully saturated rings. The molecule has 1 aliphatic heterocycles. The molecule has 1 saturated heterocycles. The van der Waals surface area contributed by atoms with Crippen LogP contribution in [0, 0.1) is 0 Å². The molecule has 2 rings (SSSR count). The molecule has 1 heterocycles. The van der Waals surface area contributed by atoms with Gasteiger partial charge in [-0.25, -0.2) is 0 Å². The topological polar surface area (TPSA) is 24.5 Å². The predicted molar refractivity (Wildman–Crippen MR) is 91.6 cm³/mol. The number of rotatable bonds is 6. The SMILES string of the molecule is CCC(NCC(C)(C)N1CCOCC1)c1cccc(Br)c1. The summed E-state index contributed by atoms with van der Waals surface area (Å²) in [6.07, 6.45) is 1.09. The van der Waals surface area contributed by atoms with Crippen LogP contribution in [-0.4, -0.2) is 43.3 Å². The van der Waals surface area contributed by atoms with Crippen LogP contribution in [0.2, 0.25) is 0 Å². The lowest BCUT2D eigenvalue weighted by atomic mass is 9.99. The fourth-order valence-electron chi connectivity index (χ4n) is 2.87.